The van der Waals surface area contributed by atoms with Crippen molar-refractivity contribution in [3.8, 4) is 0 Å². The van der Waals surface area contributed by atoms with Gasteiger partial charge in [0.25, 0.3) is 0 Å². The summed E-state index contributed by atoms with van der Waals surface area (Å²) in [6, 6.07) is 3.14. The van der Waals surface area contributed by atoms with Crippen LogP contribution in [0.2, 0.25) is 0 Å². The fourth-order valence-corrected chi connectivity index (χ4v) is 2.43. The van der Waals surface area contributed by atoms with Crippen LogP contribution < -0.4 is 5.32 Å². The van der Waals surface area contributed by atoms with Crippen LogP contribution in [0.15, 0.2) is 22.8 Å². The van der Waals surface area contributed by atoms with Gasteiger partial charge in [-0.2, -0.15) is 13.2 Å². The van der Waals surface area contributed by atoms with Gasteiger partial charge in [-0.1, -0.05) is 0 Å². The van der Waals surface area contributed by atoms with Gasteiger partial charge >= 0.3 is 6.18 Å². The van der Waals surface area contributed by atoms with Gasteiger partial charge in [-0.15, -0.1) is 0 Å². The number of carbonyl (C=O) groups excluding carboxylic acids is 1. The van der Waals surface area contributed by atoms with E-state index in [9.17, 15) is 18.0 Å². The molecule has 1 aromatic heterocycles. The Hall–Kier alpha value is -1.50. The second-order valence-electron chi connectivity index (χ2n) is 5.22. The minimum absolute atomic E-state index is 0.178. The number of halogens is 3. The molecule has 2 rings (SSSR count). The molecule has 1 aliphatic heterocycles. The molecule has 0 aliphatic carbocycles. The maximum absolute atomic E-state index is 12.7. The van der Waals surface area contributed by atoms with Crippen molar-refractivity contribution in [2.75, 3.05) is 13.1 Å². The lowest BCUT2D eigenvalue weighted by molar-refractivity contribution is -0.166. The van der Waals surface area contributed by atoms with Gasteiger partial charge in [-0.05, 0) is 38.4 Å². The number of carbonyl (C=O) groups is 1. The van der Waals surface area contributed by atoms with Gasteiger partial charge in [0, 0.05) is 0 Å². The molecule has 1 fully saturated rings. The SMILES string of the molecule is CC1(C(=O)N(Cc2ccco2)CC(F)(F)F)CCCN1. The van der Waals surface area contributed by atoms with Crippen molar-refractivity contribution in [3.63, 3.8) is 0 Å². The standard InChI is InChI=1S/C13H17F3N2O2/c1-12(5-3-6-17-12)11(19)18(9-13(14,15)16)8-10-4-2-7-20-10/h2,4,7,17H,3,5-6,8-9H2,1H3. The topological polar surface area (TPSA) is 45.5 Å². The normalized spacial score (nSPS) is 23.0. The molecule has 2 heterocycles. The van der Waals surface area contributed by atoms with Gasteiger partial charge in [0.1, 0.15) is 12.3 Å². The molecule has 1 N–H and O–H groups in total. The summed E-state index contributed by atoms with van der Waals surface area (Å²) in [5.41, 5.74) is -0.919. The Bertz CT molecular complexity index is 451. The van der Waals surface area contributed by atoms with Gasteiger partial charge in [0.2, 0.25) is 5.91 Å². The highest BCUT2D eigenvalue weighted by Gasteiger charge is 2.42. The lowest BCUT2D eigenvalue weighted by Gasteiger charge is -2.32. The number of alkyl halides is 3. The largest absolute Gasteiger partial charge is 0.467 e. The number of rotatable bonds is 4. The molecule has 1 aromatic rings. The fraction of sp³-hybridized carbons (Fsp3) is 0.615. The summed E-state index contributed by atoms with van der Waals surface area (Å²) in [4.78, 5) is 13.2. The number of hydrogen-bond donors (Lipinski definition) is 1. The molecule has 1 amide bonds. The van der Waals surface area contributed by atoms with E-state index >= 15 is 0 Å². The van der Waals surface area contributed by atoms with Gasteiger partial charge in [-0.3, -0.25) is 4.79 Å². The second-order valence-corrected chi connectivity index (χ2v) is 5.22. The zero-order valence-corrected chi connectivity index (χ0v) is 11.2. The first kappa shape index (κ1) is 14.9. The molecule has 1 aliphatic rings. The Balaban J connectivity index is 2.15. The van der Waals surface area contributed by atoms with E-state index in [0.717, 1.165) is 11.3 Å². The van der Waals surface area contributed by atoms with Gasteiger partial charge < -0.3 is 14.6 Å². The first-order chi connectivity index (χ1) is 9.30. The molecule has 0 saturated carbocycles. The third kappa shape index (κ3) is 3.53. The van der Waals surface area contributed by atoms with Gasteiger partial charge in [0.05, 0.1) is 18.3 Å². The summed E-state index contributed by atoms with van der Waals surface area (Å²) < 4.78 is 43.0. The van der Waals surface area contributed by atoms with Crippen molar-refractivity contribution < 1.29 is 22.4 Å². The van der Waals surface area contributed by atoms with Crippen LogP contribution in [-0.2, 0) is 11.3 Å². The van der Waals surface area contributed by atoms with Crippen LogP contribution >= 0.6 is 0 Å². The fourth-order valence-electron chi connectivity index (χ4n) is 2.43. The monoisotopic (exact) mass is 290 g/mol. The van der Waals surface area contributed by atoms with Crippen molar-refractivity contribution >= 4 is 5.91 Å². The van der Waals surface area contributed by atoms with E-state index in [1.165, 1.54) is 6.26 Å². The van der Waals surface area contributed by atoms with Crippen LogP contribution in [0.1, 0.15) is 25.5 Å². The third-order valence-electron chi connectivity index (χ3n) is 3.42. The molecule has 4 nitrogen and oxygen atoms in total. The van der Waals surface area contributed by atoms with Crippen LogP contribution in [0.5, 0.6) is 0 Å². The number of nitrogens with one attached hydrogen (secondary N) is 1. The van der Waals surface area contributed by atoms with Crippen LogP contribution in [0.25, 0.3) is 0 Å². The molecule has 112 valence electrons. The smallest absolute Gasteiger partial charge is 0.406 e. The average Bonchev–Trinajstić information content (AvgIpc) is 2.98. The van der Waals surface area contributed by atoms with E-state index < -0.39 is 24.2 Å². The van der Waals surface area contributed by atoms with Gasteiger partial charge in [0.15, 0.2) is 0 Å². The summed E-state index contributed by atoms with van der Waals surface area (Å²) in [5.74, 6) is -0.201. The molecule has 1 unspecified atom stereocenters. The first-order valence-corrected chi connectivity index (χ1v) is 6.44. The zero-order valence-electron chi connectivity index (χ0n) is 11.2. The predicted octanol–water partition coefficient (Wildman–Crippen LogP) is 2.31. The van der Waals surface area contributed by atoms with Crippen molar-refractivity contribution in [1.82, 2.24) is 10.2 Å². The van der Waals surface area contributed by atoms with E-state index in [0.29, 0.717) is 18.7 Å². The lowest BCUT2D eigenvalue weighted by atomic mass is 9.98. The Morgan fingerprint density at radius 3 is 2.80 bits per heavy atom. The third-order valence-corrected chi connectivity index (χ3v) is 3.42. The van der Waals surface area contributed by atoms with Crippen LogP contribution in [0, 0.1) is 0 Å². The molecule has 0 aromatic carbocycles. The molecule has 0 radical (unpaired) electrons. The summed E-state index contributed by atoms with van der Waals surface area (Å²) in [5, 5.41) is 2.99. The minimum Gasteiger partial charge on any atom is -0.467 e. The first-order valence-electron chi connectivity index (χ1n) is 6.44. The summed E-state index contributed by atoms with van der Waals surface area (Å²) in [7, 11) is 0. The molecule has 0 spiro atoms. The van der Waals surface area contributed by atoms with Crippen molar-refractivity contribution in [2.24, 2.45) is 0 Å². The van der Waals surface area contributed by atoms with Crippen molar-refractivity contribution in [1.29, 1.82) is 0 Å². The Kier molecular flexibility index (Phi) is 4.08. The number of hydrogen-bond acceptors (Lipinski definition) is 3. The lowest BCUT2D eigenvalue weighted by Crippen LogP contribution is -2.54. The molecular weight excluding hydrogens is 273 g/mol. The average molecular weight is 290 g/mol. The maximum Gasteiger partial charge on any atom is 0.406 e. The highest BCUT2D eigenvalue weighted by atomic mass is 19.4. The highest BCUT2D eigenvalue weighted by molar-refractivity contribution is 5.86. The maximum atomic E-state index is 12.7. The molecular formula is C13H17F3N2O2. The zero-order chi connectivity index (χ0) is 14.8. The summed E-state index contributed by atoms with van der Waals surface area (Å²) >= 11 is 0. The predicted molar refractivity (Wildman–Crippen MR) is 65.8 cm³/mol. The van der Waals surface area contributed by atoms with E-state index in [1.54, 1.807) is 19.1 Å². The van der Waals surface area contributed by atoms with E-state index in [4.69, 9.17) is 4.42 Å². The number of nitrogens with zero attached hydrogens (tertiary/aromatic N) is 1. The van der Waals surface area contributed by atoms with E-state index in [2.05, 4.69) is 5.32 Å². The molecule has 7 heteroatoms. The molecule has 20 heavy (non-hydrogen) atoms. The minimum atomic E-state index is -4.43. The Morgan fingerprint density at radius 1 is 1.55 bits per heavy atom. The highest BCUT2D eigenvalue weighted by Crippen LogP contribution is 2.25. The molecule has 0 bridgehead atoms. The second kappa shape index (κ2) is 5.47. The van der Waals surface area contributed by atoms with E-state index in [1.807, 2.05) is 0 Å². The van der Waals surface area contributed by atoms with E-state index in [-0.39, 0.29) is 6.54 Å². The Labute approximate surface area is 114 Å². The molecule has 1 atom stereocenters. The number of furan rings is 1. The quantitative estimate of drug-likeness (QED) is 0.925. The van der Waals surface area contributed by atoms with Crippen LogP contribution in [0.3, 0.4) is 0 Å². The summed E-state index contributed by atoms with van der Waals surface area (Å²) in [6.07, 6.45) is -1.74. The van der Waals surface area contributed by atoms with Crippen LogP contribution in [0.4, 0.5) is 13.2 Å². The van der Waals surface area contributed by atoms with Crippen molar-refractivity contribution in [2.45, 2.75) is 38.0 Å². The Morgan fingerprint density at radius 2 is 2.30 bits per heavy atom. The van der Waals surface area contributed by atoms with Crippen LogP contribution in [-0.4, -0.2) is 35.6 Å². The van der Waals surface area contributed by atoms with Gasteiger partial charge in [-0.25, -0.2) is 0 Å². The molecule has 1 saturated heterocycles. The summed E-state index contributed by atoms with van der Waals surface area (Å²) in [6.45, 7) is 0.836. The number of amides is 1. The van der Waals surface area contributed by atoms with Crippen molar-refractivity contribution in [3.05, 3.63) is 24.2 Å².